The molecule has 0 bridgehead atoms. The zero-order valence-electron chi connectivity index (χ0n) is 10.2. The maximum absolute atomic E-state index is 11.3. The van der Waals surface area contributed by atoms with Gasteiger partial charge in [-0.25, -0.2) is 0 Å². The van der Waals surface area contributed by atoms with Crippen LogP contribution in [-0.2, 0) is 14.3 Å². The second-order valence-corrected chi connectivity index (χ2v) is 3.98. The van der Waals surface area contributed by atoms with Crippen molar-refractivity contribution >= 4 is 24.3 Å². The Morgan fingerprint density at radius 2 is 2.06 bits per heavy atom. The van der Waals surface area contributed by atoms with Gasteiger partial charge in [0.25, 0.3) is 0 Å². The Hall–Kier alpha value is -0.810. The zero-order chi connectivity index (χ0) is 11.8. The van der Waals surface area contributed by atoms with Gasteiger partial charge in [-0.3, -0.25) is 9.59 Å². The Bertz CT molecular complexity index is 245. The van der Waals surface area contributed by atoms with Crippen LogP contribution in [0.2, 0.25) is 0 Å². The highest BCUT2D eigenvalue weighted by Gasteiger charge is 2.20. The van der Waals surface area contributed by atoms with E-state index in [-0.39, 0.29) is 30.7 Å². The zero-order valence-corrected chi connectivity index (χ0v) is 11.0. The van der Waals surface area contributed by atoms with Crippen molar-refractivity contribution in [3.63, 3.8) is 0 Å². The monoisotopic (exact) mass is 264 g/mol. The molecule has 6 heteroatoms. The van der Waals surface area contributed by atoms with Crippen LogP contribution < -0.4 is 10.6 Å². The number of carbonyl (C=O) groups excluding carboxylic acids is 2. The van der Waals surface area contributed by atoms with Crippen LogP contribution >= 0.6 is 12.4 Å². The van der Waals surface area contributed by atoms with Gasteiger partial charge in [-0.05, 0) is 32.2 Å². The van der Waals surface area contributed by atoms with Crippen molar-refractivity contribution in [3.05, 3.63) is 0 Å². The molecule has 1 aliphatic rings. The normalized spacial score (nSPS) is 13.7. The summed E-state index contributed by atoms with van der Waals surface area (Å²) in [5.74, 6) is 0.436. The molecule has 0 spiro atoms. The van der Waals surface area contributed by atoms with E-state index in [2.05, 4.69) is 10.6 Å². The quantitative estimate of drug-likeness (QED) is 0.626. The van der Waals surface area contributed by atoms with Crippen LogP contribution in [0, 0.1) is 5.92 Å². The van der Waals surface area contributed by atoms with Crippen molar-refractivity contribution in [1.29, 1.82) is 0 Å². The van der Waals surface area contributed by atoms with Gasteiger partial charge in [-0.15, -0.1) is 12.4 Å². The van der Waals surface area contributed by atoms with Crippen molar-refractivity contribution in [2.75, 3.05) is 26.2 Å². The molecule has 1 amide bonds. The van der Waals surface area contributed by atoms with Gasteiger partial charge in [0.05, 0.1) is 19.6 Å². The minimum Gasteiger partial charge on any atom is -0.466 e. The fourth-order valence-corrected chi connectivity index (χ4v) is 1.31. The van der Waals surface area contributed by atoms with Crippen LogP contribution in [0.3, 0.4) is 0 Å². The maximum Gasteiger partial charge on any atom is 0.307 e. The molecule has 0 aromatic heterocycles. The topological polar surface area (TPSA) is 67.4 Å². The van der Waals surface area contributed by atoms with E-state index in [1.165, 1.54) is 12.8 Å². The van der Waals surface area contributed by atoms with Gasteiger partial charge < -0.3 is 15.4 Å². The first-order chi connectivity index (χ1) is 7.72. The Morgan fingerprint density at radius 3 is 2.65 bits per heavy atom. The number of nitrogens with one attached hydrogen (secondary N) is 2. The Labute approximate surface area is 108 Å². The van der Waals surface area contributed by atoms with E-state index in [1.54, 1.807) is 6.92 Å². The van der Waals surface area contributed by atoms with Crippen molar-refractivity contribution in [2.45, 2.75) is 26.2 Å². The van der Waals surface area contributed by atoms with Crippen molar-refractivity contribution < 1.29 is 14.3 Å². The lowest BCUT2D eigenvalue weighted by molar-refractivity contribution is -0.143. The summed E-state index contributed by atoms with van der Waals surface area (Å²) in [6, 6.07) is 0. The summed E-state index contributed by atoms with van der Waals surface area (Å²) in [6.45, 7) is 3.75. The molecule has 0 unspecified atom stereocenters. The minimum atomic E-state index is -0.270. The lowest BCUT2D eigenvalue weighted by Crippen LogP contribution is -2.35. The number of rotatable bonds is 8. The largest absolute Gasteiger partial charge is 0.466 e. The van der Waals surface area contributed by atoms with Crippen LogP contribution in [0.1, 0.15) is 26.2 Å². The standard InChI is InChI=1S/C11H20N2O3.ClH/c1-2-16-11(15)5-6-13-10(14)8-12-7-9-3-4-9;/h9,12H,2-8H2,1H3,(H,13,14);1H. The van der Waals surface area contributed by atoms with Crippen LogP contribution in [0.5, 0.6) is 0 Å². The first kappa shape index (κ1) is 16.2. The third-order valence-electron chi connectivity index (χ3n) is 2.37. The predicted molar refractivity (Wildman–Crippen MR) is 67.1 cm³/mol. The second kappa shape index (κ2) is 9.24. The first-order valence-corrected chi connectivity index (χ1v) is 5.85. The molecule has 2 N–H and O–H groups in total. The molecule has 100 valence electrons. The summed E-state index contributed by atoms with van der Waals surface area (Å²) in [5.41, 5.74) is 0. The van der Waals surface area contributed by atoms with Crippen molar-refractivity contribution in [1.82, 2.24) is 10.6 Å². The van der Waals surface area contributed by atoms with Crippen LogP contribution in [-0.4, -0.2) is 38.1 Å². The van der Waals surface area contributed by atoms with E-state index < -0.39 is 0 Å². The maximum atomic E-state index is 11.3. The minimum absolute atomic E-state index is 0. The predicted octanol–water partition coefficient (Wildman–Crippen LogP) is 0.477. The number of hydrogen-bond donors (Lipinski definition) is 2. The molecule has 0 aliphatic heterocycles. The molecular weight excluding hydrogens is 244 g/mol. The summed E-state index contributed by atoms with van der Waals surface area (Å²) in [5, 5.41) is 5.75. The van der Waals surface area contributed by atoms with Crippen LogP contribution in [0.4, 0.5) is 0 Å². The Balaban J connectivity index is 0.00000256. The molecule has 1 rings (SSSR count). The number of ether oxygens (including phenoxy) is 1. The summed E-state index contributed by atoms with van der Waals surface area (Å²) in [7, 11) is 0. The van der Waals surface area contributed by atoms with Gasteiger partial charge in [0.2, 0.25) is 5.91 Å². The third-order valence-corrected chi connectivity index (χ3v) is 2.37. The first-order valence-electron chi connectivity index (χ1n) is 5.85. The number of carbonyl (C=O) groups is 2. The van der Waals surface area contributed by atoms with Crippen LogP contribution in [0.15, 0.2) is 0 Å². The molecule has 0 atom stereocenters. The fraction of sp³-hybridized carbons (Fsp3) is 0.818. The number of hydrogen-bond acceptors (Lipinski definition) is 4. The van der Waals surface area contributed by atoms with Crippen molar-refractivity contribution in [2.24, 2.45) is 5.92 Å². The number of amides is 1. The van der Waals surface area contributed by atoms with E-state index >= 15 is 0 Å². The Kier molecular flexibility index (Phi) is 8.80. The molecule has 1 aliphatic carbocycles. The smallest absolute Gasteiger partial charge is 0.307 e. The molecule has 0 saturated heterocycles. The molecule has 17 heavy (non-hydrogen) atoms. The van der Waals surface area contributed by atoms with Gasteiger partial charge in [-0.2, -0.15) is 0 Å². The van der Waals surface area contributed by atoms with Gasteiger partial charge >= 0.3 is 5.97 Å². The molecule has 0 aromatic carbocycles. The van der Waals surface area contributed by atoms with Gasteiger partial charge in [0, 0.05) is 6.54 Å². The highest BCUT2D eigenvalue weighted by Crippen LogP contribution is 2.27. The van der Waals surface area contributed by atoms with E-state index in [9.17, 15) is 9.59 Å². The molecule has 1 saturated carbocycles. The highest BCUT2D eigenvalue weighted by atomic mass is 35.5. The van der Waals surface area contributed by atoms with E-state index in [0.29, 0.717) is 19.7 Å². The van der Waals surface area contributed by atoms with E-state index in [0.717, 1.165) is 12.5 Å². The average molecular weight is 265 g/mol. The Morgan fingerprint density at radius 1 is 1.35 bits per heavy atom. The molecule has 1 fully saturated rings. The molecule has 5 nitrogen and oxygen atoms in total. The van der Waals surface area contributed by atoms with Crippen molar-refractivity contribution in [3.8, 4) is 0 Å². The summed E-state index contributed by atoms with van der Waals surface area (Å²) < 4.78 is 4.74. The lowest BCUT2D eigenvalue weighted by atomic mass is 10.4. The number of halogens is 1. The molecule has 0 heterocycles. The SMILES string of the molecule is CCOC(=O)CCNC(=O)CNCC1CC1.Cl. The third kappa shape index (κ3) is 8.94. The summed E-state index contributed by atoms with van der Waals surface area (Å²) >= 11 is 0. The van der Waals surface area contributed by atoms with E-state index in [1.807, 2.05) is 0 Å². The fourth-order valence-electron chi connectivity index (χ4n) is 1.31. The molecule has 0 radical (unpaired) electrons. The average Bonchev–Trinajstić information content (AvgIpc) is 3.02. The molecular formula is C11H21ClN2O3. The summed E-state index contributed by atoms with van der Waals surface area (Å²) in [4.78, 5) is 22.2. The van der Waals surface area contributed by atoms with E-state index in [4.69, 9.17) is 4.74 Å². The number of esters is 1. The second-order valence-electron chi connectivity index (χ2n) is 3.98. The van der Waals surface area contributed by atoms with Gasteiger partial charge in [0.1, 0.15) is 0 Å². The van der Waals surface area contributed by atoms with Crippen LogP contribution in [0.25, 0.3) is 0 Å². The lowest BCUT2D eigenvalue weighted by Gasteiger charge is -2.05. The van der Waals surface area contributed by atoms with Gasteiger partial charge in [-0.1, -0.05) is 0 Å². The summed E-state index contributed by atoms with van der Waals surface area (Å²) in [6.07, 6.45) is 2.79. The highest BCUT2D eigenvalue weighted by molar-refractivity contribution is 5.85. The van der Waals surface area contributed by atoms with Gasteiger partial charge in [0.15, 0.2) is 0 Å². The molecule has 0 aromatic rings.